The van der Waals surface area contributed by atoms with Crippen molar-refractivity contribution in [2.75, 3.05) is 17.1 Å². The molecule has 0 atom stereocenters. The Morgan fingerprint density at radius 2 is 1.82 bits per heavy atom. The van der Waals surface area contributed by atoms with Crippen LogP contribution in [0.4, 0.5) is 14.5 Å². The van der Waals surface area contributed by atoms with E-state index in [2.05, 4.69) is 4.74 Å². The van der Waals surface area contributed by atoms with Crippen LogP contribution < -0.4 is 9.04 Å². The molecule has 0 aliphatic rings. The van der Waals surface area contributed by atoms with Crippen molar-refractivity contribution in [2.24, 2.45) is 0 Å². The molecule has 172 valence electrons. The summed E-state index contributed by atoms with van der Waals surface area (Å²) in [6, 6.07) is 15.6. The first-order valence-electron chi connectivity index (χ1n) is 9.76. The van der Waals surface area contributed by atoms with Crippen molar-refractivity contribution in [2.45, 2.75) is 20.5 Å². The van der Waals surface area contributed by atoms with Gasteiger partial charge in [0.1, 0.15) is 5.75 Å². The van der Waals surface area contributed by atoms with E-state index in [9.17, 15) is 22.0 Å². The van der Waals surface area contributed by atoms with Crippen LogP contribution in [0.1, 0.15) is 27.3 Å². The minimum Gasteiger partial charge on any atom is -0.435 e. The number of anilines is 1. The molecule has 0 spiro atoms. The molecule has 0 fully saturated rings. The number of Topliss-reactive ketones (excluding diaryl/α,β-unsaturated/α-hetero) is 1. The fourth-order valence-electron chi connectivity index (χ4n) is 3.57. The molecule has 0 aliphatic carbocycles. The molecule has 0 bridgehead atoms. The SMILES string of the molecule is Cc1cc(C(=O)CN(c2cccc(C#N)c2)S(C)(=O)=O)c(C)n1-c1ccc(OC(F)F)cc1. The number of nitrogens with zero attached hydrogens (tertiary/aromatic N) is 3. The number of nitriles is 1. The van der Waals surface area contributed by atoms with Gasteiger partial charge in [0, 0.05) is 22.6 Å². The summed E-state index contributed by atoms with van der Waals surface area (Å²) < 4.78 is 56.7. The monoisotopic (exact) mass is 473 g/mol. The second-order valence-corrected chi connectivity index (χ2v) is 9.25. The van der Waals surface area contributed by atoms with Crippen LogP contribution in [0.15, 0.2) is 54.6 Å². The van der Waals surface area contributed by atoms with Crippen LogP contribution in [0, 0.1) is 25.2 Å². The van der Waals surface area contributed by atoms with E-state index in [1.807, 2.05) is 6.07 Å². The van der Waals surface area contributed by atoms with E-state index < -0.39 is 29.0 Å². The molecule has 10 heteroatoms. The molecule has 0 N–H and O–H groups in total. The standard InChI is InChI=1S/C23H21F2N3O4S/c1-15-11-21(16(2)28(15)18-7-9-20(10-8-18)32-23(24)25)22(29)14-27(33(3,30)31)19-6-4-5-17(12-19)13-26/h4-12,23H,14H2,1-3H3. The summed E-state index contributed by atoms with van der Waals surface area (Å²) in [7, 11) is -3.81. The number of aromatic nitrogens is 1. The van der Waals surface area contributed by atoms with Crippen LogP contribution in [-0.2, 0) is 10.0 Å². The van der Waals surface area contributed by atoms with E-state index >= 15 is 0 Å². The Hall–Kier alpha value is -3.71. The number of sulfonamides is 1. The molecule has 0 saturated heterocycles. The van der Waals surface area contributed by atoms with Crippen molar-refractivity contribution in [3.05, 3.63) is 77.1 Å². The molecular weight excluding hydrogens is 452 g/mol. The summed E-state index contributed by atoms with van der Waals surface area (Å²) in [5.41, 5.74) is 2.72. The Bertz CT molecular complexity index is 1330. The summed E-state index contributed by atoms with van der Waals surface area (Å²) in [6.45, 7) is 0.115. The number of ketones is 1. The Balaban J connectivity index is 1.93. The third-order valence-electron chi connectivity index (χ3n) is 5.00. The summed E-state index contributed by atoms with van der Waals surface area (Å²) in [4.78, 5) is 13.1. The van der Waals surface area contributed by atoms with Crippen LogP contribution in [-0.4, -0.2) is 38.2 Å². The molecule has 0 radical (unpaired) electrons. The molecule has 0 unspecified atom stereocenters. The van der Waals surface area contributed by atoms with Crippen LogP contribution in [0.5, 0.6) is 5.75 Å². The molecule has 2 aromatic carbocycles. The van der Waals surface area contributed by atoms with Gasteiger partial charge in [0.15, 0.2) is 5.78 Å². The first kappa shape index (κ1) is 23.9. The van der Waals surface area contributed by atoms with Crippen molar-refractivity contribution < 1.29 is 26.7 Å². The molecule has 0 amide bonds. The van der Waals surface area contributed by atoms with E-state index in [1.165, 1.54) is 30.3 Å². The van der Waals surface area contributed by atoms with Crippen molar-refractivity contribution in [1.82, 2.24) is 4.57 Å². The highest BCUT2D eigenvalue weighted by Crippen LogP contribution is 2.25. The van der Waals surface area contributed by atoms with Gasteiger partial charge < -0.3 is 9.30 Å². The number of benzene rings is 2. The molecule has 7 nitrogen and oxygen atoms in total. The molecule has 0 aliphatic heterocycles. The minimum absolute atomic E-state index is 0.0101. The normalized spacial score (nSPS) is 11.3. The van der Waals surface area contributed by atoms with Gasteiger partial charge in [-0.2, -0.15) is 14.0 Å². The van der Waals surface area contributed by atoms with Crippen molar-refractivity contribution in [3.8, 4) is 17.5 Å². The first-order chi connectivity index (χ1) is 15.5. The van der Waals surface area contributed by atoms with Gasteiger partial charge in [0.05, 0.1) is 30.1 Å². The molecule has 3 aromatic rings. The Labute approximate surface area is 190 Å². The number of hydrogen-bond acceptors (Lipinski definition) is 5. The highest BCUT2D eigenvalue weighted by Gasteiger charge is 2.24. The topological polar surface area (TPSA) is 92.4 Å². The second-order valence-electron chi connectivity index (χ2n) is 7.35. The van der Waals surface area contributed by atoms with Gasteiger partial charge in [0.2, 0.25) is 10.0 Å². The fraction of sp³-hybridized carbons (Fsp3) is 0.217. The van der Waals surface area contributed by atoms with E-state index in [0.29, 0.717) is 22.6 Å². The van der Waals surface area contributed by atoms with Gasteiger partial charge in [-0.05, 0) is 62.4 Å². The van der Waals surface area contributed by atoms with Crippen LogP contribution >= 0.6 is 0 Å². The average molecular weight is 474 g/mol. The van der Waals surface area contributed by atoms with Gasteiger partial charge in [0.25, 0.3) is 0 Å². The van der Waals surface area contributed by atoms with E-state index in [4.69, 9.17) is 5.26 Å². The third kappa shape index (κ3) is 5.38. The lowest BCUT2D eigenvalue weighted by Gasteiger charge is -2.22. The smallest absolute Gasteiger partial charge is 0.387 e. The second kappa shape index (κ2) is 9.42. The van der Waals surface area contributed by atoms with E-state index in [0.717, 1.165) is 10.6 Å². The number of carbonyl (C=O) groups excluding carboxylic acids is 1. The molecule has 1 heterocycles. The van der Waals surface area contributed by atoms with Crippen molar-refractivity contribution in [3.63, 3.8) is 0 Å². The molecule has 33 heavy (non-hydrogen) atoms. The number of aryl methyl sites for hydroxylation is 1. The first-order valence-corrected chi connectivity index (χ1v) is 11.6. The highest BCUT2D eigenvalue weighted by atomic mass is 32.2. The van der Waals surface area contributed by atoms with Crippen molar-refractivity contribution in [1.29, 1.82) is 5.26 Å². The third-order valence-corrected chi connectivity index (χ3v) is 6.14. The molecule has 0 saturated carbocycles. The summed E-state index contributed by atoms with van der Waals surface area (Å²) in [5, 5.41) is 9.11. The van der Waals surface area contributed by atoms with Crippen molar-refractivity contribution >= 4 is 21.5 Å². The zero-order valence-electron chi connectivity index (χ0n) is 18.1. The Morgan fingerprint density at radius 1 is 1.15 bits per heavy atom. The van der Waals surface area contributed by atoms with Gasteiger partial charge in [-0.3, -0.25) is 9.10 Å². The van der Waals surface area contributed by atoms with Gasteiger partial charge >= 0.3 is 6.61 Å². The minimum atomic E-state index is -3.81. The van der Waals surface area contributed by atoms with Crippen LogP contribution in [0.25, 0.3) is 5.69 Å². The lowest BCUT2D eigenvalue weighted by Crippen LogP contribution is -2.35. The Kier molecular flexibility index (Phi) is 6.84. The van der Waals surface area contributed by atoms with Crippen LogP contribution in [0.2, 0.25) is 0 Å². The zero-order valence-corrected chi connectivity index (χ0v) is 18.9. The number of halogens is 2. The van der Waals surface area contributed by atoms with Gasteiger partial charge in [-0.15, -0.1) is 0 Å². The Morgan fingerprint density at radius 3 is 2.39 bits per heavy atom. The fourth-order valence-corrected chi connectivity index (χ4v) is 4.41. The lowest BCUT2D eigenvalue weighted by molar-refractivity contribution is -0.0498. The number of rotatable bonds is 8. The average Bonchev–Trinajstić information content (AvgIpc) is 3.05. The van der Waals surface area contributed by atoms with Gasteiger partial charge in [-0.25, -0.2) is 8.42 Å². The molecule has 1 aromatic heterocycles. The number of ether oxygens (including phenoxy) is 1. The number of alkyl halides is 2. The summed E-state index contributed by atoms with van der Waals surface area (Å²) in [5.74, 6) is -0.421. The van der Waals surface area contributed by atoms with E-state index in [-0.39, 0.29) is 17.0 Å². The molecule has 3 rings (SSSR count). The van der Waals surface area contributed by atoms with Crippen LogP contribution in [0.3, 0.4) is 0 Å². The molecular formula is C23H21F2N3O4S. The maximum Gasteiger partial charge on any atom is 0.387 e. The van der Waals surface area contributed by atoms with Gasteiger partial charge in [-0.1, -0.05) is 6.07 Å². The van der Waals surface area contributed by atoms with E-state index in [1.54, 1.807) is 42.7 Å². The number of hydrogen-bond donors (Lipinski definition) is 0. The predicted molar refractivity (Wildman–Crippen MR) is 120 cm³/mol. The maximum absolute atomic E-state index is 13.1. The zero-order chi connectivity index (χ0) is 24.3. The summed E-state index contributed by atoms with van der Waals surface area (Å²) >= 11 is 0. The lowest BCUT2D eigenvalue weighted by atomic mass is 10.1. The predicted octanol–water partition coefficient (Wildman–Crippen LogP) is 4.22. The summed E-state index contributed by atoms with van der Waals surface area (Å²) in [6.07, 6.45) is 0.992. The largest absolute Gasteiger partial charge is 0.435 e. The highest BCUT2D eigenvalue weighted by molar-refractivity contribution is 7.92. The number of carbonyl (C=O) groups is 1. The quantitative estimate of drug-likeness (QED) is 0.457. The maximum atomic E-state index is 13.1.